The molecule has 0 fully saturated rings. The number of hydrogen-bond donors (Lipinski definition) is 1. The second-order valence-corrected chi connectivity index (χ2v) is 4.83. The minimum absolute atomic E-state index is 0.0572. The van der Waals surface area contributed by atoms with Crippen LogP contribution in [-0.4, -0.2) is 15.5 Å². The van der Waals surface area contributed by atoms with Gasteiger partial charge in [0.25, 0.3) is 0 Å². The largest absolute Gasteiger partial charge is 0.352 e. The number of carbonyl (C=O) groups is 1. The van der Waals surface area contributed by atoms with Crippen LogP contribution in [0.4, 0.5) is 0 Å². The van der Waals surface area contributed by atoms with Crippen molar-refractivity contribution < 1.29 is 4.79 Å². The van der Waals surface area contributed by atoms with Gasteiger partial charge >= 0.3 is 0 Å². The van der Waals surface area contributed by atoms with Crippen LogP contribution >= 0.6 is 0 Å². The molecule has 4 heteroatoms. The lowest BCUT2D eigenvalue weighted by Gasteiger charge is -2.13. The molecule has 2 rings (SSSR count). The zero-order valence-corrected chi connectivity index (χ0v) is 11.3. The van der Waals surface area contributed by atoms with E-state index in [1.165, 1.54) is 5.56 Å². The Morgan fingerprint density at radius 2 is 2.11 bits per heavy atom. The van der Waals surface area contributed by atoms with Crippen LogP contribution < -0.4 is 5.32 Å². The van der Waals surface area contributed by atoms with Gasteiger partial charge < -0.3 is 9.88 Å². The van der Waals surface area contributed by atoms with Gasteiger partial charge in [0.05, 0.1) is 6.33 Å². The van der Waals surface area contributed by atoms with Gasteiger partial charge in [-0.2, -0.15) is 0 Å². The van der Waals surface area contributed by atoms with E-state index in [2.05, 4.69) is 29.4 Å². The van der Waals surface area contributed by atoms with Crippen LogP contribution in [0.2, 0.25) is 0 Å². The van der Waals surface area contributed by atoms with Gasteiger partial charge in [-0.3, -0.25) is 4.79 Å². The fourth-order valence-electron chi connectivity index (χ4n) is 1.88. The van der Waals surface area contributed by atoms with E-state index in [-0.39, 0.29) is 11.9 Å². The fourth-order valence-corrected chi connectivity index (χ4v) is 1.88. The van der Waals surface area contributed by atoms with Gasteiger partial charge in [0.2, 0.25) is 5.91 Å². The summed E-state index contributed by atoms with van der Waals surface area (Å²) in [7, 11) is 0. The normalized spacial score (nSPS) is 12.1. The Kier molecular flexibility index (Phi) is 4.34. The van der Waals surface area contributed by atoms with Crippen LogP contribution in [0.5, 0.6) is 0 Å². The monoisotopic (exact) mass is 257 g/mol. The van der Waals surface area contributed by atoms with E-state index in [0.717, 1.165) is 5.56 Å². The van der Waals surface area contributed by atoms with Crippen LogP contribution in [-0.2, 0) is 11.3 Å². The first kappa shape index (κ1) is 13.3. The first-order valence-corrected chi connectivity index (χ1v) is 6.45. The molecule has 1 amide bonds. The molecule has 19 heavy (non-hydrogen) atoms. The molecular weight excluding hydrogens is 238 g/mol. The summed E-state index contributed by atoms with van der Waals surface area (Å²) in [5.74, 6) is 0.0572. The molecule has 1 aromatic heterocycles. The topological polar surface area (TPSA) is 46.9 Å². The molecule has 0 spiro atoms. The number of imidazole rings is 1. The zero-order valence-electron chi connectivity index (χ0n) is 11.3. The summed E-state index contributed by atoms with van der Waals surface area (Å²) < 4.78 is 1.94. The van der Waals surface area contributed by atoms with Gasteiger partial charge in [0.15, 0.2) is 0 Å². The predicted octanol–water partition coefficient (Wildman–Crippen LogP) is 2.46. The highest BCUT2D eigenvalue weighted by molar-refractivity contribution is 5.76. The van der Waals surface area contributed by atoms with Crippen molar-refractivity contribution >= 4 is 5.91 Å². The Bertz CT molecular complexity index is 517. The van der Waals surface area contributed by atoms with Crippen molar-refractivity contribution in [1.82, 2.24) is 14.9 Å². The molecule has 4 nitrogen and oxygen atoms in total. The number of benzene rings is 1. The van der Waals surface area contributed by atoms with Crippen molar-refractivity contribution in [1.29, 1.82) is 0 Å². The summed E-state index contributed by atoms with van der Waals surface area (Å²) in [5, 5.41) is 2.94. The Hall–Kier alpha value is -2.10. The number of nitrogens with one attached hydrogen (secondary N) is 1. The molecule has 0 saturated heterocycles. The Morgan fingerprint density at radius 1 is 1.37 bits per heavy atom. The lowest BCUT2D eigenvalue weighted by molar-refractivity contribution is -0.121. The van der Waals surface area contributed by atoms with Gasteiger partial charge in [-0.05, 0) is 19.4 Å². The van der Waals surface area contributed by atoms with Gasteiger partial charge in [0.1, 0.15) is 0 Å². The smallest absolute Gasteiger partial charge is 0.222 e. The zero-order chi connectivity index (χ0) is 13.7. The number of carbonyl (C=O) groups excluding carboxylic acids is 1. The summed E-state index contributed by atoms with van der Waals surface area (Å²) in [5.41, 5.74) is 2.35. The number of nitrogens with zero attached hydrogens (tertiary/aromatic N) is 2. The Morgan fingerprint density at radius 3 is 2.74 bits per heavy atom. The molecule has 100 valence electrons. The molecule has 1 aromatic carbocycles. The predicted molar refractivity (Wildman–Crippen MR) is 74.6 cm³/mol. The van der Waals surface area contributed by atoms with E-state index in [4.69, 9.17) is 0 Å². The SMILES string of the molecule is Cc1ccc(CNC(=O)C[C@H](C)n2ccnc2)cc1. The van der Waals surface area contributed by atoms with Gasteiger partial charge in [-0.15, -0.1) is 0 Å². The molecule has 0 aliphatic rings. The third-order valence-electron chi connectivity index (χ3n) is 3.12. The van der Waals surface area contributed by atoms with Gasteiger partial charge in [0, 0.05) is 31.4 Å². The molecule has 0 unspecified atom stereocenters. The third-order valence-corrected chi connectivity index (χ3v) is 3.12. The van der Waals surface area contributed by atoms with Crippen LogP contribution in [0.25, 0.3) is 0 Å². The van der Waals surface area contributed by atoms with Gasteiger partial charge in [-0.1, -0.05) is 29.8 Å². The Balaban J connectivity index is 1.80. The van der Waals surface area contributed by atoms with Crippen LogP contribution in [0.1, 0.15) is 30.5 Å². The molecule has 0 radical (unpaired) electrons. The van der Waals surface area contributed by atoms with Crippen molar-refractivity contribution in [3.63, 3.8) is 0 Å². The standard InChI is InChI=1S/C15H19N3O/c1-12-3-5-14(6-4-12)10-17-15(19)9-13(2)18-8-7-16-11-18/h3-8,11,13H,9-10H2,1-2H3,(H,17,19)/t13-/m0/s1. The quantitative estimate of drug-likeness (QED) is 0.894. The summed E-state index contributed by atoms with van der Waals surface area (Å²) in [6.45, 7) is 4.64. The van der Waals surface area contributed by atoms with Crippen molar-refractivity contribution in [3.05, 3.63) is 54.1 Å². The minimum atomic E-state index is 0.0572. The maximum absolute atomic E-state index is 11.8. The van der Waals surface area contributed by atoms with Gasteiger partial charge in [-0.25, -0.2) is 4.98 Å². The van der Waals surface area contributed by atoms with Crippen LogP contribution in [0.15, 0.2) is 43.0 Å². The molecule has 0 aliphatic heterocycles. The number of amides is 1. The van der Waals surface area contributed by atoms with E-state index < -0.39 is 0 Å². The van der Waals surface area contributed by atoms with E-state index in [1.54, 1.807) is 12.5 Å². The molecule has 0 aliphatic carbocycles. The third kappa shape index (κ3) is 3.95. The molecular formula is C15H19N3O. The molecule has 1 heterocycles. The highest BCUT2D eigenvalue weighted by atomic mass is 16.1. The fraction of sp³-hybridized carbons (Fsp3) is 0.333. The summed E-state index contributed by atoms with van der Waals surface area (Å²) in [4.78, 5) is 15.8. The molecule has 1 atom stereocenters. The van der Waals surface area contributed by atoms with Crippen LogP contribution in [0.3, 0.4) is 0 Å². The molecule has 2 aromatic rings. The van der Waals surface area contributed by atoms with Crippen molar-refractivity contribution in [2.24, 2.45) is 0 Å². The summed E-state index contributed by atoms with van der Waals surface area (Å²) in [6, 6.07) is 8.30. The van der Waals surface area contributed by atoms with Crippen molar-refractivity contribution in [2.45, 2.75) is 32.9 Å². The highest BCUT2D eigenvalue weighted by Crippen LogP contribution is 2.09. The van der Waals surface area contributed by atoms with E-state index in [1.807, 2.05) is 29.8 Å². The minimum Gasteiger partial charge on any atom is -0.352 e. The average Bonchev–Trinajstić information content (AvgIpc) is 2.92. The first-order chi connectivity index (χ1) is 9.15. The molecule has 1 N–H and O–H groups in total. The summed E-state index contributed by atoms with van der Waals surface area (Å²) in [6.07, 6.45) is 5.79. The van der Waals surface area contributed by atoms with E-state index >= 15 is 0 Å². The lowest BCUT2D eigenvalue weighted by atomic mass is 10.1. The highest BCUT2D eigenvalue weighted by Gasteiger charge is 2.09. The second kappa shape index (κ2) is 6.18. The number of hydrogen-bond acceptors (Lipinski definition) is 2. The summed E-state index contributed by atoms with van der Waals surface area (Å²) >= 11 is 0. The Labute approximate surface area is 113 Å². The number of rotatable bonds is 5. The number of aryl methyl sites for hydroxylation is 1. The van der Waals surface area contributed by atoms with E-state index in [9.17, 15) is 4.79 Å². The average molecular weight is 257 g/mol. The van der Waals surface area contributed by atoms with Crippen molar-refractivity contribution in [2.75, 3.05) is 0 Å². The molecule has 0 bridgehead atoms. The molecule has 0 saturated carbocycles. The van der Waals surface area contributed by atoms with Crippen molar-refractivity contribution in [3.8, 4) is 0 Å². The lowest BCUT2D eigenvalue weighted by Crippen LogP contribution is -2.25. The maximum atomic E-state index is 11.8. The number of aromatic nitrogens is 2. The van der Waals surface area contributed by atoms with Crippen LogP contribution in [0, 0.1) is 6.92 Å². The van der Waals surface area contributed by atoms with E-state index in [0.29, 0.717) is 13.0 Å². The second-order valence-electron chi connectivity index (χ2n) is 4.83. The maximum Gasteiger partial charge on any atom is 0.222 e. The first-order valence-electron chi connectivity index (χ1n) is 6.45.